The molecule has 1 aliphatic carbocycles. The van der Waals surface area contributed by atoms with Gasteiger partial charge in [-0.2, -0.15) is 0 Å². The molecule has 2 fully saturated rings. The third-order valence-electron chi connectivity index (χ3n) is 5.41. The summed E-state index contributed by atoms with van der Waals surface area (Å²) >= 11 is 0. The Bertz CT molecular complexity index is 444. The van der Waals surface area contributed by atoms with E-state index in [1.54, 1.807) is 0 Å². The predicted molar refractivity (Wildman–Crippen MR) is 100 cm³/mol. The molecule has 134 valence electrons. The van der Waals surface area contributed by atoms with Gasteiger partial charge in [-0.15, -0.1) is 0 Å². The van der Waals surface area contributed by atoms with E-state index in [0.29, 0.717) is 12.1 Å². The standard InChI is InChI=1S/C21H34N2O/c1-3-9-19(10-4-1)17-23-15-7-11-20(18-23)22-14-8-16-24-21-12-5-2-6-13-21/h1,3-4,9-10,20-22H,2,5-8,11-18H2. The van der Waals surface area contributed by atoms with E-state index in [-0.39, 0.29) is 0 Å². The number of nitrogens with zero attached hydrogens (tertiary/aromatic N) is 1. The number of likely N-dealkylation sites (tertiary alicyclic amines) is 1. The number of rotatable bonds is 8. The number of piperidine rings is 1. The van der Waals surface area contributed by atoms with Crippen molar-refractivity contribution in [2.24, 2.45) is 0 Å². The molecular formula is C21H34N2O. The summed E-state index contributed by atoms with van der Waals surface area (Å²) in [7, 11) is 0. The van der Waals surface area contributed by atoms with E-state index in [2.05, 4.69) is 40.5 Å². The average Bonchev–Trinajstić information content (AvgIpc) is 2.63. The van der Waals surface area contributed by atoms with Gasteiger partial charge in [-0.3, -0.25) is 4.90 Å². The molecule has 0 bridgehead atoms. The highest BCUT2D eigenvalue weighted by Crippen LogP contribution is 2.20. The maximum absolute atomic E-state index is 6.02. The van der Waals surface area contributed by atoms with Gasteiger partial charge in [-0.1, -0.05) is 49.6 Å². The van der Waals surface area contributed by atoms with Gasteiger partial charge < -0.3 is 10.1 Å². The Hall–Kier alpha value is -0.900. The van der Waals surface area contributed by atoms with E-state index < -0.39 is 0 Å². The average molecular weight is 331 g/mol. The Kier molecular flexibility index (Phi) is 7.59. The highest BCUT2D eigenvalue weighted by molar-refractivity contribution is 5.14. The van der Waals surface area contributed by atoms with Crippen LogP contribution in [0.4, 0.5) is 0 Å². The molecule has 1 aromatic carbocycles. The summed E-state index contributed by atoms with van der Waals surface area (Å²) in [6.07, 6.45) is 11.0. The molecule has 3 nitrogen and oxygen atoms in total. The van der Waals surface area contributed by atoms with Gasteiger partial charge in [0.2, 0.25) is 0 Å². The summed E-state index contributed by atoms with van der Waals surface area (Å²) in [6.45, 7) is 5.52. The van der Waals surface area contributed by atoms with Crippen molar-refractivity contribution in [2.75, 3.05) is 26.2 Å². The number of benzene rings is 1. The van der Waals surface area contributed by atoms with E-state index in [1.807, 2.05) is 0 Å². The highest BCUT2D eigenvalue weighted by Gasteiger charge is 2.19. The Morgan fingerprint density at radius 3 is 2.67 bits per heavy atom. The molecule has 1 saturated heterocycles. The number of nitrogens with one attached hydrogen (secondary N) is 1. The first-order chi connectivity index (χ1) is 11.9. The van der Waals surface area contributed by atoms with Gasteiger partial charge in [-0.05, 0) is 50.8 Å². The first kappa shape index (κ1) is 17.9. The topological polar surface area (TPSA) is 24.5 Å². The van der Waals surface area contributed by atoms with Crippen LogP contribution < -0.4 is 5.32 Å². The number of ether oxygens (including phenoxy) is 1. The summed E-state index contributed by atoms with van der Waals surface area (Å²) in [5.41, 5.74) is 1.43. The van der Waals surface area contributed by atoms with Gasteiger partial charge in [0.15, 0.2) is 0 Å². The zero-order chi connectivity index (χ0) is 16.5. The Morgan fingerprint density at radius 2 is 1.83 bits per heavy atom. The number of hydrogen-bond donors (Lipinski definition) is 1. The van der Waals surface area contributed by atoms with Crippen LogP contribution in [-0.4, -0.2) is 43.3 Å². The van der Waals surface area contributed by atoms with Gasteiger partial charge in [0, 0.05) is 25.7 Å². The lowest BCUT2D eigenvalue weighted by atomic mass is 9.98. The first-order valence-corrected chi connectivity index (χ1v) is 10.0. The normalized spacial score (nSPS) is 23.4. The number of hydrogen-bond acceptors (Lipinski definition) is 3. The minimum Gasteiger partial charge on any atom is -0.378 e. The molecule has 3 heteroatoms. The van der Waals surface area contributed by atoms with Crippen LogP contribution in [-0.2, 0) is 11.3 Å². The second-order valence-corrected chi connectivity index (χ2v) is 7.50. The maximum atomic E-state index is 6.02. The van der Waals surface area contributed by atoms with Gasteiger partial charge in [0.25, 0.3) is 0 Å². The van der Waals surface area contributed by atoms with Crippen molar-refractivity contribution in [1.29, 1.82) is 0 Å². The summed E-state index contributed by atoms with van der Waals surface area (Å²) in [5, 5.41) is 3.75. The van der Waals surface area contributed by atoms with Crippen molar-refractivity contribution in [1.82, 2.24) is 10.2 Å². The minimum absolute atomic E-state index is 0.551. The fourth-order valence-corrected chi connectivity index (χ4v) is 4.07. The highest BCUT2D eigenvalue weighted by atomic mass is 16.5. The van der Waals surface area contributed by atoms with E-state index >= 15 is 0 Å². The zero-order valence-corrected chi connectivity index (χ0v) is 15.1. The predicted octanol–water partition coefficient (Wildman–Crippen LogP) is 3.98. The molecule has 2 aliphatic rings. The molecule has 0 radical (unpaired) electrons. The molecule has 24 heavy (non-hydrogen) atoms. The molecule has 1 aromatic rings. The minimum atomic E-state index is 0.551. The van der Waals surface area contributed by atoms with Crippen LogP contribution in [0.15, 0.2) is 30.3 Å². The van der Waals surface area contributed by atoms with E-state index in [4.69, 9.17) is 4.74 Å². The SMILES string of the molecule is c1ccc(CN2CCCC(NCCCOC3CCCCC3)C2)cc1. The monoisotopic (exact) mass is 330 g/mol. The third kappa shape index (κ3) is 6.19. The summed E-state index contributed by atoms with van der Waals surface area (Å²) in [4.78, 5) is 2.59. The van der Waals surface area contributed by atoms with Gasteiger partial charge in [0.05, 0.1) is 6.10 Å². The smallest absolute Gasteiger partial charge is 0.0575 e. The van der Waals surface area contributed by atoms with Crippen molar-refractivity contribution < 1.29 is 4.74 Å². The first-order valence-electron chi connectivity index (χ1n) is 10.0. The molecular weight excluding hydrogens is 296 g/mol. The third-order valence-corrected chi connectivity index (χ3v) is 5.41. The second-order valence-electron chi connectivity index (χ2n) is 7.50. The molecule has 0 amide bonds. The molecule has 1 aliphatic heterocycles. The van der Waals surface area contributed by atoms with Crippen molar-refractivity contribution in [2.45, 2.75) is 70.1 Å². The van der Waals surface area contributed by atoms with Crippen molar-refractivity contribution in [3.63, 3.8) is 0 Å². The lowest BCUT2D eigenvalue weighted by molar-refractivity contribution is 0.0268. The fourth-order valence-electron chi connectivity index (χ4n) is 4.07. The van der Waals surface area contributed by atoms with E-state index in [1.165, 1.54) is 63.6 Å². The summed E-state index contributed by atoms with van der Waals surface area (Å²) in [6, 6.07) is 11.5. The van der Waals surface area contributed by atoms with Crippen LogP contribution in [0.2, 0.25) is 0 Å². The van der Waals surface area contributed by atoms with Crippen LogP contribution in [0, 0.1) is 0 Å². The van der Waals surface area contributed by atoms with Gasteiger partial charge in [-0.25, -0.2) is 0 Å². The Labute approximate surface area is 147 Å². The van der Waals surface area contributed by atoms with Crippen molar-refractivity contribution in [3.05, 3.63) is 35.9 Å². The zero-order valence-electron chi connectivity index (χ0n) is 15.1. The molecule has 1 unspecified atom stereocenters. The quantitative estimate of drug-likeness (QED) is 0.730. The Morgan fingerprint density at radius 1 is 1.00 bits per heavy atom. The summed E-state index contributed by atoms with van der Waals surface area (Å²) < 4.78 is 6.02. The molecule has 0 aromatic heterocycles. The molecule has 1 heterocycles. The maximum Gasteiger partial charge on any atom is 0.0575 e. The van der Waals surface area contributed by atoms with Gasteiger partial charge in [0.1, 0.15) is 0 Å². The van der Waals surface area contributed by atoms with Crippen molar-refractivity contribution >= 4 is 0 Å². The summed E-state index contributed by atoms with van der Waals surface area (Å²) in [5.74, 6) is 0. The van der Waals surface area contributed by atoms with Crippen LogP contribution in [0.3, 0.4) is 0 Å². The Balaban J connectivity index is 1.28. The molecule has 1 N–H and O–H groups in total. The van der Waals surface area contributed by atoms with Gasteiger partial charge >= 0.3 is 0 Å². The van der Waals surface area contributed by atoms with Crippen LogP contribution >= 0.6 is 0 Å². The lowest BCUT2D eigenvalue weighted by Gasteiger charge is -2.33. The van der Waals surface area contributed by atoms with Crippen LogP contribution in [0.1, 0.15) is 56.9 Å². The van der Waals surface area contributed by atoms with Crippen LogP contribution in [0.25, 0.3) is 0 Å². The van der Waals surface area contributed by atoms with E-state index in [0.717, 1.165) is 26.1 Å². The second kappa shape index (κ2) is 10.2. The largest absolute Gasteiger partial charge is 0.378 e. The molecule has 3 rings (SSSR count). The lowest BCUT2D eigenvalue weighted by Crippen LogP contribution is -2.45. The van der Waals surface area contributed by atoms with Crippen molar-refractivity contribution in [3.8, 4) is 0 Å². The molecule has 1 atom stereocenters. The molecule has 1 saturated carbocycles. The fraction of sp³-hybridized carbons (Fsp3) is 0.714. The van der Waals surface area contributed by atoms with Crippen LogP contribution in [0.5, 0.6) is 0 Å². The van der Waals surface area contributed by atoms with E-state index in [9.17, 15) is 0 Å². The molecule has 0 spiro atoms.